The SMILES string of the molecule is CC(Nc1ccc(S(N)(=O)=O)cc1Br)c1ccsc1. The van der Waals surface area contributed by atoms with E-state index in [1.54, 1.807) is 17.4 Å². The summed E-state index contributed by atoms with van der Waals surface area (Å²) < 4.78 is 23.2. The molecule has 1 aromatic heterocycles. The Morgan fingerprint density at radius 2 is 2.11 bits per heavy atom. The minimum Gasteiger partial charge on any atom is -0.378 e. The summed E-state index contributed by atoms with van der Waals surface area (Å²) >= 11 is 4.99. The minimum absolute atomic E-state index is 0.0908. The van der Waals surface area contributed by atoms with Crippen molar-refractivity contribution in [1.82, 2.24) is 0 Å². The molecule has 0 saturated carbocycles. The molecule has 2 rings (SSSR count). The second kappa shape index (κ2) is 5.62. The summed E-state index contributed by atoms with van der Waals surface area (Å²) in [6.45, 7) is 2.04. The first kappa shape index (κ1) is 14.5. The van der Waals surface area contributed by atoms with Gasteiger partial charge in [0.1, 0.15) is 0 Å². The van der Waals surface area contributed by atoms with Crippen molar-refractivity contribution in [2.24, 2.45) is 5.14 Å². The largest absolute Gasteiger partial charge is 0.378 e. The van der Waals surface area contributed by atoms with Crippen LogP contribution >= 0.6 is 27.3 Å². The summed E-state index contributed by atoms with van der Waals surface area (Å²) in [6, 6.07) is 6.88. The molecule has 7 heteroatoms. The topological polar surface area (TPSA) is 72.2 Å². The van der Waals surface area contributed by atoms with Crippen molar-refractivity contribution in [2.45, 2.75) is 17.9 Å². The molecule has 1 atom stereocenters. The van der Waals surface area contributed by atoms with Crippen LogP contribution in [0.5, 0.6) is 0 Å². The Hall–Kier alpha value is -0.890. The van der Waals surface area contributed by atoms with Gasteiger partial charge in [-0.1, -0.05) is 0 Å². The summed E-state index contributed by atoms with van der Waals surface area (Å²) in [5.41, 5.74) is 2.01. The first-order chi connectivity index (χ1) is 8.88. The zero-order valence-electron chi connectivity index (χ0n) is 10.1. The fraction of sp³-hybridized carbons (Fsp3) is 0.167. The number of anilines is 1. The minimum atomic E-state index is -3.67. The van der Waals surface area contributed by atoms with E-state index >= 15 is 0 Å². The Balaban J connectivity index is 2.23. The number of hydrogen-bond acceptors (Lipinski definition) is 4. The van der Waals surface area contributed by atoms with Crippen LogP contribution in [-0.4, -0.2) is 8.42 Å². The van der Waals surface area contributed by atoms with E-state index in [0.717, 1.165) is 5.69 Å². The van der Waals surface area contributed by atoms with Gasteiger partial charge in [-0.2, -0.15) is 11.3 Å². The molecule has 4 nitrogen and oxygen atoms in total. The maximum Gasteiger partial charge on any atom is 0.238 e. The van der Waals surface area contributed by atoms with Crippen LogP contribution in [0.4, 0.5) is 5.69 Å². The van der Waals surface area contributed by atoms with Gasteiger partial charge in [0.25, 0.3) is 0 Å². The van der Waals surface area contributed by atoms with Crippen molar-refractivity contribution >= 4 is 43.0 Å². The van der Waals surface area contributed by atoms with Crippen LogP contribution in [0, 0.1) is 0 Å². The Kier molecular flexibility index (Phi) is 4.29. The molecule has 0 aliphatic heterocycles. The summed E-state index contributed by atoms with van der Waals surface area (Å²) in [6.07, 6.45) is 0. The van der Waals surface area contributed by atoms with Crippen LogP contribution in [0.3, 0.4) is 0 Å². The van der Waals surface area contributed by atoms with Crippen LogP contribution in [0.1, 0.15) is 18.5 Å². The fourth-order valence-corrected chi connectivity index (χ4v) is 3.57. The predicted octanol–water partition coefficient (Wildman–Crippen LogP) is 3.33. The average Bonchev–Trinajstić information content (AvgIpc) is 2.84. The highest BCUT2D eigenvalue weighted by Crippen LogP contribution is 2.29. The third-order valence-corrected chi connectivity index (χ3v) is 4.95. The fourth-order valence-electron chi connectivity index (χ4n) is 1.63. The Morgan fingerprint density at radius 1 is 1.37 bits per heavy atom. The molecule has 0 saturated heterocycles. The van der Waals surface area contributed by atoms with Crippen LogP contribution in [0.2, 0.25) is 0 Å². The molecule has 1 aromatic carbocycles. The van der Waals surface area contributed by atoms with E-state index < -0.39 is 10.0 Å². The van der Waals surface area contributed by atoms with Crippen LogP contribution in [0.15, 0.2) is 44.4 Å². The lowest BCUT2D eigenvalue weighted by atomic mass is 10.1. The molecule has 0 amide bonds. The van der Waals surface area contributed by atoms with Crippen LogP contribution in [0.25, 0.3) is 0 Å². The first-order valence-electron chi connectivity index (χ1n) is 5.49. The van der Waals surface area contributed by atoms with E-state index in [-0.39, 0.29) is 10.9 Å². The molecule has 0 aliphatic rings. The number of nitrogens with two attached hydrogens (primary N) is 1. The number of hydrogen-bond donors (Lipinski definition) is 2. The molecule has 19 heavy (non-hydrogen) atoms. The summed E-state index contributed by atoms with van der Waals surface area (Å²) in [5.74, 6) is 0. The van der Waals surface area contributed by atoms with Gasteiger partial charge < -0.3 is 5.32 Å². The van der Waals surface area contributed by atoms with Crippen molar-refractivity contribution in [3.63, 3.8) is 0 Å². The molecular formula is C12H13BrN2O2S2. The Morgan fingerprint density at radius 3 is 2.63 bits per heavy atom. The summed E-state index contributed by atoms with van der Waals surface area (Å²) in [4.78, 5) is 0.0908. The standard InChI is InChI=1S/C12H13BrN2O2S2/c1-8(9-4-5-18-7-9)15-12-3-2-10(6-11(12)13)19(14,16)17/h2-8,15H,1H3,(H2,14,16,17). The average molecular weight is 361 g/mol. The smallest absolute Gasteiger partial charge is 0.238 e. The van der Waals surface area contributed by atoms with Gasteiger partial charge >= 0.3 is 0 Å². The number of primary sulfonamides is 1. The van der Waals surface area contributed by atoms with Crippen molar-refractivity contribution < 1.29 is 8.42 Å². The Labute approximate surface area is 124 Å². The van der Waals surface area contributed by atoms with Crippen LogP contribution in [-0.2, 0) is 10.0 Å². The quantitative estimate of drug-likeness (QED) is 0.877. The van der Waals surface area contributed by atoms with E-state index in [4.69, 9.17) is 5.14 Å². The number of benzene rings is 1. The van der Waals surface area contributed by atoms with E-state index in [1.807, 2.05) is 12.3 Å². The molecule has 2 aromatic rings. The highest BCUT2D eigenvalue weighted by molar-refractivity contribution is 9.10. The second-order valence-electron chi connectivity index (χ2n) is 4.11. The van der Waals surface area contributed by atoms with E-state index in [0.29, 0.717) is 4.47 Å². The van der Waals surface area contributed by atoms with E-state index in [1.165, 1.54) is 17.7 Å². The molecule has 0 spiro atoms. The van der Waals surface area contributed by atoms with Crippen molar-refractivity contribution in [2.75, 3.05) is 5.32 Å². The van der Waals surface area contributed by atoms with Gasteiger partial charge in [0.2, 0.25) is 10.0 Å². The molecule has 0 aliphatic carbocycles. The van der Waals surface area contributed by atoms with Gasteiger partial charge in [-0.25, -0.2) is 13.6 Å². The zero-order chi connectivity index (χ0) is 14.0. The third-order valence-electron chi connectivity index (χ3n) is 2.68. The summed E-state index contributed by atoms with van der Waals surface area (Å²) in [7, 11) is -3.67. The highest BCUT2D eigenvalue weighted by Gasteiger charge is 2.12. The van der Waals surface area contributed by atoms with Crippen molar-refractivity contribution in [1.29, 1.82) is 0 Å². The molecule has 0 radical (unpaired) electrons. The van der Waals surface area contributed by atoms with E-state index in [9.17, 15) is 8.42 Å². The maximum atomic E-state index is 11.2. The van der Waals surface area contributed by atoms with Gasteiger partial charge in [-0.05, 0) is 63.4 Å². The lowest BCUT2D eigenvalue weighted by Crippen LogP contribution is -2.12. The van der Waals surface area contributed by atoms with Gasteiger partial charge in [0.05, 0.1) is 4.90 Å². The molecule has 0 bridgehead atoms. The van der Waals surface area contributed by atoms with Gasteiger partial charge in [0.15, 0.2) is 0 Å². The van der Waals surface area contributed by atoms with Crippen molar-refractivity contribution in [3.05, 3.63) is 45.1 Å². The number of halogens is 1. The normalized spacial score (nSPS) is 13.2. The maximum absolute atomic E-state index is 11.2. The third kappa shape index (κ3) is 3.56. The molecule has 1 heterocycles. The zero-order valence-corrected chi connectivity index (χ0v) is 13.3. The predicted molar refractivity (Wildman–Crippen MR) is 81.9 cm³/mol. The summed E-state index contributed by atoms with van der Waals surface area (Å²) in [5, 5.41) is 12.5. The molecule has 102 valence electrons. The monoisotopic (exact) mass is 360 g/mol. The lowest BCUT2D eigenvalue weighted by Gasteiger charge is -2.16. The number of nitrogens with one attached hydrogen (secondary N) is 1. The molecular weight excluding hydrogens is 348 g/mol. The van der Waals surface area contributed by atoms with E-state index in [2.05, 4.69) is 32.7 Å². The Bertz CT molecular complexity index is 669. The van der Waals surface area contributed by atoms with Crippen LogP contribution < -0.4 is 10.5 Å². The second-order valence-corrected chi connectivity index (χ2v) is 7.31. The van der Waals surface area contributed by atoms with Crippen molar-refractivity contribution in [3.8, 4) is 0 Å². The molecule has 0 fully saturated rings. The van der Waals surface area contributed by atoms with Gasteiger partial charge in [-0.15, -0.1) is 0 Å². The first-order valence-corrected chi connectivity index (χ1v) is 8.77. The number of thiophene rings is 1. The molecule has 1 unspecified atom stereocenters. The number of sulfonamides is 1. The highest BCUT2D eigenvalue weighted by atomic mass is 79.9. The number of rotatable bonds is 4. The van der Waals surface area contributed by atoms with Gasteiger partial charge in [-0.3, -0.25) is 0 Å². The lowest BCUT2D eigenvalue weighted by molar-refractivity contribution is 0.598. The molecule has 3 N–H and O–H groups in total. The van der Waals surface area contributed by atoms with Gasteiger partial charge in [0, 0.05) is 16.2 Å².